The molecule has 0 unspecified atom stereocenters. The number of aliphatic hydroxyl groups excluding tert-OH is 1. The number of aliphatic hydroxyl groups is 1. The quantitative estimate of drug-likeness (QED) is 0.395. The largest absolute Gasteiger partial charge is 0.393 e. The van der Waals surface area contributed by atoms with Crippen molar-refractivity contribution in [3.8, 4) is 0 Å². The Hall–Kier alpha value is -0.410. The lowest BCUT2D eigenvalue weighted by Gasteiger charge is -2.27. The first-order valence-corrected chi connectivity index (χ1v) is 8.13. The summed E-state index contributed by atoms with van der Waals surface area (Å²) in [6.07, 6.45) is 5.55. The Kier molecular flexibility index (Phi) is 8.50. The minimum absolute atomic E-state index is 0. The molecule has 1 heterocycles. The van der Waals surface area contributed by atoms with Crippen LogP contribution in [0.1, 0.15) is 42.5 Å². The molecule has 1 aromatic rings. The van der Waals surface area contributed by atoms with Crippen LogP contribution in [0.25, 0.3) is 0 Å². The maximum atomic E-state index is 9.54. The summed E-state index contributed by atoms with van der Waals surface area (Å²) < 4.78 is 0. The number of aryl methyl sites for hydroxylation is 1. The number of hydrogen-bond acceptors (Lipinski definition) is 4. The van der Waals surface area contributed by atoms with Gasteiger partial charge in [0, 0.05) is 23.7 Å². The third-order valence-electron chi connectivity index (χ3n) is 3.44. The second-order valence-electron chi connectivity index (χ2n) is 5.19. The Bertz CT molecular complexity index is 444. The zero-order valence-electron chi connectivity index (χ0n) is 12.6. The summed E-state index contributed by atoms with van der Waals surface area (Å²) in [6, 6.07) is 0.416. The van der Waals surface area contributed by atoms with Crippen molar-refractivity contribution in [3.05, 3.63) is 16.1 Å². The standard InChI is InChI=1S/C14H24N4OS.HI/c1-3-15-14(17-9-13-8-16-10(2)20-13)18-11-4-6-12(19)7-5-11;/h8,11-12,19H,3-7,9H2,1-2H3,(H2,15,17,18);1H. The van der Waals surface area contributed by atoms with Gasteiger partial charge in [0.05, 0.1) is 17.7 Å². The first kappa shape index (κ1) is 18.6. The Balaban J connectivity index is 0.00000220. The van der Waals surface area contributed by atoms with Crippen LogP contribution >= 0.6 is 35.3 Å². The molecular formula is C14H25IN4OS. The molecule has 0 spiro atoms. The van der Waals surface area contributed by atoms with Crippen molar-refractivity contribution in [3.63, 3.8) is 0 Å². The molecule has 0 radical (unpaired) electrons. The summed E-state index contributed by atoms with van der Waals surface area (Å²) in [6.45, 7) is 5.59. The lowest BCUT2D eigenvalue weighted by Crippen LogP contribution is -2.45. The molecule has 1 fully saturated rings. The normalized spacial score (nSPS) is 22.5. The van der Waals surface area contributed by atoms with Crippen molar-refractivity contribution in [2.75, 3.05) is 6.54 Å². The molecule has 0 saturated heterocycles. The van der Waals surface area contributed by atoms with E-state index in [1.54, 1.807) is 11.3 Å². The van der Waals surface area contributed by atoms with Gasteiger partial charge in [0.15, 0.2) is 5.96 Å². The molecule has 1 aliphatic rings. The van der Waals surface area contributed by atoms with Gasteiger partial charge in [-0.3, -0.25) is 0 Å². The number of halogens is 1. The molecule has 120 valence electrons. The smallest absolute Gasteiger partial charge is 0.191 e. The minimum atomic E-state index is -0.118. The van der Waals surface area contributed by atoms with Crippen molar-refractivity contribution in [1.82, 2.24) is 15.6 Å². The number of guanidine groups is 1. The SMILES string of the molecule is CCNC(=NCc1cnc(C)s1)NC1CCC(O)CC1.I. The number of rotatable bonds is 4. The van der Waals surface area contributed by atoms with Gasteiger partial charge in [-0.05, 0) is 39.5 Å². The Morgan fingerprint density at radius 1 is 1.43 bits per heavy atom. The number of nitrogens with one attached hydrogen (secondary N) is 2. The lowest BCUT2D eigenvalue weighted by molar-refractivity contribution is 0.120. The number of thiazole rings is 1. The van der Waals surface area contributed by atoms with Crippen LogP contribution in [0.15, 0.2) is 11.2 Å². The van der Waals surface area contributed by atoms with E-state index in [4.69, 9.17) is 0 Å². The van der Waals surface area contributed by atoms with Crippen LogP contribution in [-0.2, 0) is 6.54 Å². The fourth-order valence-corrected chi connectivity index (χ4v) is 3.09. The third kappa shape index (κ3) is 6.48. The second-order valence-corrected chi connectivity index (χ2v) is 6.51. The summed E-state index contributed by atoms with van der Waals surface area (Å²) in [5.74, 6) is 0.861. The minimum Gasteiger partial charge on any atom is -0.393 e. The molecule has 7 heteroatoms. The van der Waals surface area contributed by atoms with Crippen molar-refractivity contribution in [1.29, 1.82) is 0 Å². The predicted octanol–water partition coefficient (Wildman–Crippen LogP) is 2.43. The summed E-state index contributed by atoms with van der Waals surface area (Å²) in [7, 11) is 0. The molecule has 0 atom stereocenters. The van der Waals surface area contributed by atoms with E-state index in [0.29, 0.717) is 12.6 Å². The first-order chi connectivity index (χ1) is 9.67. The molecule has 21 heavy (non-hydrogen) atoms. The molecule has 1 aliphatic carbocycles. The van der Waals surface area contributed by atoms with E-state index in [1.165, 1.54) is 4.88 Å². The molecule has 0 aliphatic heterocycles. The van der Waals surface area contributed by atoms with E-state index in [1.807, 2.05) is 13.1 Å². The Labute approximate surface area is 147 Å². The number of hydrogen-bond donors (Lipinski definition) is 3. The molecule has 5 nitrogen and oxygen atoms in total. The van der Waals surface area contributed by atoms with E-state index >= 15 is 0 Å². The lowest BCUT2D eigenvalue weighted by atomic mass is 9.93. The van der Waals surface area contributed by atoms with Gasteiger partial charge < -0.3 is 15.7 Å². The molecule has 1 aromatic heterocycles. The fourth-order valence-electron chi connectivity index (χ4n) is 2.37. The highest BCUT2D eigenvalue weighted by molar-refractivity contribution is 14.0. The van der Waals surface area contributed by atoms with Gasteiger partial charge in [-0.1, -0.05) is 0 Å². The highest BCUT2D eigenvalue weighted by Gasteiger charge is 2.19. The monoisotopic (exact) mass is 424 g/mol. The van der Waals surface area contributed by atoms with Crippen molar-refractivity contribution in [2.45, 2.75) is 58.2 Å². The maximum Gasteiger partial charge on any atom is 0.191 e. The molecule has 2 rings (SSSR count). The second kappa shape index (κ2) is 9.58. The predicted molar refractivity (Wildman–Crippen MR) is 98.5 cm³/mol. The summed E-state index contributed by atoms with van der Waals surface area (Å²) in [4.78, 5) is 10.0. The van der Waals surface area contributed by atoms with Crippen LogP contribution in [0.5, 0.6) is 0 Å². The average Bonchev–Trinajstić information content (AvgIpc) is 2.85. The molecular weight excluding hydrogens is 399 g/mol. The molecule has 0 bridgehead atoms. The average molecular weight is 424 g/mol. The molecule has 1 saturated carbocycles. The van der Waals surface area contributed by atoms with Gasteiger partial charge in [0.2, 0.25) is 0 Å². The van der Waals surface area contributed by atoms with Crippen LogP contribution in [0.2, 0.25) is 0 Å². The van der Waals surface area contributed by atoms with Crippen molar-refractivity contribution < 1.29 is 5.11 Å². The Morgan fingerprint density at radius 3 is 2.71 bits per heavy atom. The van der Waals surface area contributed by atoms with E-state index in [0.717, 1.165) is 43.2 Å². The molecule has 3 N–H and O–H groups in total. The van der Waals surface area contributed by atoms with Gasteiger partial charge in [0.1, 0.15) is 0 Å². The zero-order valence-corrected chi connectivity index (χ0v) is 15.8. The highest BCUT2D eigenvalue weighted by Crippen LogP contribution is 2.18. The summed E-state index contributed by atoms with van der Waals surface area (Å²) in [5, 5.41) is 17.4. The van der Waals surface area contributed by atoms with Crippen LogP contribution in [-0.4, -0.2) is 34.7 Å². The summed E-state index contributed by atoms with van der Waals surface area (Å²) >= 11 is 1.69. The molecule has 0 amide bonds. The van der Waals surface area contributed by atoms with Gasteiger partial charge in [-0.15, -0.1) is 35.3 Å². The molecule has 0 aromatic carbocycles. The Morgan fingerprint density at radius 2 is 2.14 bits per heavy atom. The van der Waals surface area contributed by atoms with Crippen LogP contribution < -0.4 is 10.6 Å². The van der Waals surface area contributed by atoms with Crippen LogP contribution in [0, 0.1) is 6.92 Å². The topological polar surface area (TPSA) is 69.5 Å². The summed E-state index contributed by atoms with van der Waals surface area (Å²) in [5.41, 5.74) is 0. The number of aliphatic imine (C=N–C) groups is 1. The van der Waals surface area contributed by atoms with E-state index in [9.17, 15) is 5.11 Å². The third-order valence-corrected chi connectivity index (χ3v) is 4.34. The van der Waals surface area contributed by atoms with Crippen LogP contribution in [0.3, 0.4) is 0 Å². The highest BCUT2D eigenvalue weighted by atomic mass is 127. The van der Waals surface area contributed by atoms with Crippen molar-refractivity contribution >= 4 is 41.3 Å². The van der Waals surface area contributed by atoms with Crippen molar-refractivity contribution in [2.24, 2.45) is 4.99 Å². The van der Waals surface area contributed by atoms with Gasteiger partial charge >= 0.3 is 0 Å². The number of nitrogens with zero attached hydrogens (tertiary/aromatic N) is 2. The van der Waals surface area contributed by atoms with E-state index in [2.05, 4.69) is 27.5 Å². The first-order valence-electron chi connectivity index (χ1n) is 7.31. The maximum absolute atomic E-state index is 9.54. The number of aromatic nitrogens is 1. The van der Waals surface area contributed by atoms with Gasteiger partial charge in [-0.25, -0.2) is 9.98 Å². The van der Waals surface area contributed by atoms with E-state index in [-0.39, 0.29) is 30.1 Å². The zero-order chi connectivity index (χ0) is 14.4. The van der Waals surface area contributed by atoms with E-state index < -0.39 is 0 Å². The van der Waals surface area contributed by atoms with Gasteiger partial charge in [0.25, 0.3) is 0 Å². The fraction of sp³-hybridized carbons (Fsp3) is 0.714. The van der Waals surface area contributed by atoms with Gasteiger partial charge in [-0.2, -0.15) is 0 Å². The van der Waals surface area contributed by atoms with Crippen LogP contribution in [0.4, 0.5) is 0 Å².